The van der Waals surface area contributed by atoms with E-state index in [-0.39, 0.29) is 0 Å². The number of hydrogen-bond acceptors (Lipinski definition) is 5. The number of para-hydroxylation sites is 1. The number of nitrogens with zero attached hydrogens (tertiary/aromatic N) is 3. The summed E-state index contributed by atoms with van der Waals surface area (Å²) in [5, 5.41) is 21.2. The van der Waals surface area contributed by atoms with Crippen molar-refractivity contribution < 1.29 is 4.74 Å². The van der Waals surface area contributed by atoms with Crippen LogP contribution < -0.4 is 10.1 Å². The van der Waals surface area contributed by atoms with Crippen LogP contribution in [0.2, 0.25) is 0 Å². The molecule has 120 valence electrons. The molecule has 5 heteroatoms. The molecule has 0 saturated carbocycles. The maximum atomic E-state index is 9.50. The van der Waals surface area contributed by atoms with Gasteiger partial charge in [0.05, 0.1) is 12.3 Å². The highest BCUT2D eigenvalue weighted by Crippen LogP contribution is 2.23. The molecule has 0 aliphatic rings. The van der Waals surface area contributed by atoms with Crippen molar-refractivity contribution in [3.8, 4) is 11.8 Å². The zero-order valence-electron chi connectivity index (χ0n) is 13.9. The predicted molar refractivity (Wildman–Crippen MR) is 90.4 cm³/mol. The fourth-order valence-electron chi connectivity index (χ4n) is 2.54. The Balaban J connectivity index is 2.26. The fraction of sp³-hybridized carbons (Fsp3) is 0.389. The second kappa shape index (κ2) is 8.14. The number of rotatable bonds is 7. The Morgan fingerprint density at radius 3 is 2.57 bits per heavy atom. The van der Waals surface area contributed by atoms with Gasteiger partial charge in [-0.05, 0) is 31.4 Å². The minimum atomic E-state index is 0.535. The second-order valence-corrected chi connectivity index (χ2v) is 5.06. The molecule has 0 spiro atoms. The largest absolute Gasteiger partial charge is 0.494 e. The van der Waals surface area contributed by atoms with Gasteiger partial charge in [0.2, 0.25) is 0 Å². The number of hydrogen-bond donors (Lipinski definition) is 1. The first-order chi connectivity index (χ1) is 11.2. The van der Waals surface area contributed by atoms with Crippen molar-refractivity contribution >= 4 is 5.82 Å². The Hall–Kier alpha value is -2.61. The third kappa shape index (κ3) is 3.78. The molecule has 1 heterocycles. The molecule has 0 fully saturated rings. The lowest BCUT2D eigenvalue weighted by Crippen LogP contribution is -2.10. The van der Waals surface area contributed by atoms with E-state index >= 15 is 0 Å². The molecule has 0 saturated heterocycles. The number of anilines is 1. The first kappa shape index (κ1) is 16.8. The highest BCUT2D eigenvalue weighted by Gasteiger charge is 2.14. The third-order valence-electron chi connectivity index (χ3n) is 3.68. The van der Waals surface area contributed by atoms with Crippen LogP contribution in [-0.2, 0) is 19.4 Å². The topological polar surface area (TPSA) is 70.8 Å². The van der Waals surface area contributed by atoms with E-state index in [0.29, 0.717) is 24.5 Å². The SMILES string of the molecule is CCOc1ccccc1CNc1nnc(CC)c(CC)c1C#N. The summed E-state index contributed by atoms with van der Waals surface area (Å²) in [5.41, 5.74) is 3.49. The van der Waals surface area contributed by atoms with Crippen LogP contribution in [0, 0.1) is 11.3 Å². The molecular formula is C18H22N4O. The Morgan fingerprint density at radius 1 is 1.13 bits per heavy atom. The monoisotopic (exact) mass is 310 g/mol. The van der Waals surface area contributed by atoms with Crippen LogP contribution in [0.4, 0.5) is 5.82 Å². The molecule has 1 aromatic heterocycles. The van der Waals surface area contributed by atoms with Gasteiger partial charge in [-0.2, -0.15) is 10.4 Å². The summed E-state index contributed by atoms with van der Waals surface area (Å²) in [6.07, 6.45) is 1.55. The van der Waals surface area contributed by atoms with Crippen LogP contribution in [0.25, 0.3) is 0 Å². The lowest BCUT2D eigenvalue weighted by atomic mass is 10.0. The minimum absolute atomic E-state index is 0.535. The number of nitrogens with one attached hydrogen (secondary N) is 1. The molecule has 0 bridgehead atoms. The van der Waals surface area contributed by atoms with Crippen molar-refractivity contribution in [2.24, 2.45) is 0 Å². The quantitative estimate of drug-likeness (QED) is 0.847. The maximum absolute atomic E-state index is 9.50. The third-order valence-corrected chi connectivity index (χ3v) is 3.68. The zero-order chi connectivity index (χ0) is 16.7. The van der Waals surface area contributed by atoms with Crippen LogP contribution in [0.15, 0.2) is 24.3 Å². The first-order valence-corrected chi connectivity index (χ1v) is 7.98. The molecule has 2 rings (SSSR count). The van der Waals surface area contributed by atoms with E-state index < -0.39 is 0 Å². The summed E-state index contributed by atoms with van der Waals surface area (Å²) in [4.78, 5) is 0. The zero-order valence-corrected chi connectivity index (χ0v) is 13.9. The van der Waals surface area contributed by atoms with E-state index in [1.165, 1.54) is 0 Å². The number of benzene rings is 1. The molecule has 0 aliphatic carbocycles. The average Bonchev–Trinajstić information content (AvgIpc) is 2.60. The van der Waals surface area contributed by atoms with Gasteiger partial charge in [0.15, 0.2) is 5.82 Å². The number of aromatic nitrogens is 2. The molecular weight excluding hydrogens is 288 g/mol. The van der Waals surface area contributed by atoms with Gasteiger partial charge in [0.1, 0.15) is 17.4 Å². The van der Waals surface area contributed by atoms with Gasteiger partial charge in [-0.3, -0.25) is 0 Å². The lowest BCUT2D eigenvalue weighted by molar-refractivity contribution is 0.337. The van der Waals surface area contributed by atoms with E-state index in [4.69, 9.17) is 4.74 Å². The molecule has 0 radical (unpaired) electrons. The lowest BCUT2D eigenvalue weighted by Gasteiger charge is -2.14. The van der Waals surface area contributed by atoms with Gasteiger partial charge in [-0.15, -0.1) is 5.10 Å². The van der Waals surface area contributed by atoms with Crippen molar-refractivity contribution in [2.75, 3.05) is 11.9 Å². The standard InChI is InChI=1S/C18H22N4O/c1-4-14-15(11-19)18(22-21-16(14)5-2)20-12-13-9-7-8-10-17(13)23-6-3/h7-10H,4-6,12H2,1-3H3,(H,20,22). The Kier molecular flexibility index (Phi) is 5.93. The Bertz CT molecular complexity index is 707. The van der Waals surface area contributed by atoms with Crippen LogP contribution in [0.5, 0.6) is 5.75 Å². The number of nitriles is 1. The molecule has 1 aromatic carbocycles. The number of aryl methyl sites for hydroxylation is 1. The van der Waals surface area contributed by atoms with Crippen molar-refractivity contribution in [1.82, 2.24) is 10.2 Å². The molecule has 23 heavy (non-hydrogen) atoms. The molecule has 2 aromatic rings. The normalized spacial score (nSPS) is 10.2. The molecule has 5 nitrogen and oxygen atoms in total. The fourth-order valence-corrected chi connectivity index (χ4v) is 2.54. The van der Waals surface area contributed by atoms with Gasteiger partial charge < -0.3 is 10.1 Å². The van der Waals surface area contributed by atoms with Crippen molar-refractivity contribution in [3.05, 3.63) is 46.6 Å². The van der Waals surface area contributed by atoms with Crippen LogP contribution >= 0.6 is 0 Å². The van der Waals surface area contributed by atoms with Crippen molar-refractivity contribution in [2.45, 2.75) is 40.2 Å². The maximum Gasteiger partial charge on any atom is 0.167 e. The molecule has 1 N–H and O–H groups in total. The summed E-state index contributed by atoms with van der Waals surface area (Å²) in [5.74, 6) is 1.38. The van der Waals surface area contributed by atoms with Crippen molar-refractivity contribution in [3.63, 3.8) is 0 Å². The van der Waals surface area contributed by atoms with Gasteiger partial charge in [-0.1, -0.05) is 32.0 Å². The molecule has 0 unspecified atom stereocenters. The van der Waals surface area contributed by atoms with E-state index in [0.717, 1.165) is 35.4 Å². The minimum Gasteiger partial charge on any atom is -0.494 e. The first-order valence-electron chi connectivity index (χ1n) is 7.98. The highest BCUT2D eigenvalue weighted by molar-refractivity contribution is 5.57. The van der Waals surface area contributed by atoms with Crippen molar-refractivity contribution in [1.29, 1.82) is 5.26 Å². The Morgan fingerprint density at radius 2 is 1.91 bits per heavy atom. The van der Waals surface area contributed by atoms with Gasteiger partial charge in [0.25, 0.3) is 0 Å². The summed E-state index contributed by atoms with van der Waals surface area (Å²) < 4.78 is 5.62. The van der Waals surface area contributed by atoms with Gasteiger partial charge in [0, 0.05) is 12.1 Å². The summed E-state index contributed by atoms with van der Waals surface area (Å²) in [6, 6.07) is 10.1. The van der Waals surface area contributed by atoms with E-state index in [9.17, 15) is 5.26 Å². The van der Waals surface area contributed by atoms with E-state index in [2.05, 4.69) is 21.6 Å². The van der Waals surface area contributed by atoms with Crippen LogP contribution in [0.1, 0.15) is 43.2 Å². The molecule has 0 atom stereocenters. The van der Waals surface area contributed by atoms with E-state index in [1.54, 1.807) is 0 Å². The van der Waals surface area contributed by atoms with Crippen LogP contribution in [0.3, 0.4) is 0 Å². The van der Waals surface area contributed by atoms with E-state index in [1.807, 2.05) is 45.0 Å². The smallest absolute Gasteiger partial charge is 0.167 e. The summed E-state index contributed by atoms with van der Waals surface area (Å²) in [7, 11) is 0. The van der Waals surface area contributed by atoms with Crippen LogP contribution in [-0.4, -0.2) is 16.8 Å². The second-order valence-electron chi connectivity index (χ2n) is 5.06. The summed E-state index contributed by atoms with van der Waals surface area (Å²) in [6.45, 7) is 7.17. The summed E-state index contributed by atoms with van der Waals surface area (Å²) >= 11 is 0. The van der Waals surface area contributed by atoms with Gasteiger partial charge in [-0.25, -0.2) is 0 Å². The highest BCUT2D eigenvalue weighted by atomic mass is 16.5. The number of ether oxygens (including phenoxy) is 1. The average molecular weight is 310 g/mol. The molecule has 0 amide bonds. The Labute approximate surface area is 137 Å². The predicted octanol–water partition coefficient (Wildman–Crippen LogP) is 3.48. The molecule has 0 aliphatic heterocycles. The van der Waals surface area contributed by atoms with Gasteiger partial charge >= 0.3 is 0 Å².